The van der Waals surface area contributed by atoms with Gasteiger partial charge in [0.25, 0.3) is 0 Å². The van der Waals surface area contributed by atoms with E-state index in [1.165, 1.54) is 12.1 Å². The third kappa shape index (κ3) is 3.62. The van der Waals surface area contributed by atoms with E-state index in [2.05, 4.69) is 0 Å². The fourth-order valence-electron chi connectivity index (χ4n) is 1.23. The first kappa shape index (κ1) is 12.6. The van der Waals surface area contributed by atoms with Gasteiger partial charge in [0.1, 0.15) is 5.82 Å². The lowest BCUT2D eigenvalue weighted by atomic mass is 10.2. The van der Waals surface area contributed by atoms with Crippen LogP contribution in [0.1, 0.15) is 18.1 Å². The van der Waals surface area contributed by atoms with E-state index in [-0.39, 0.29) is 5.56 Å². The molecule has 0 radical (unpaired) electrons. The molecule has 0 spiro atoms. The number of nitrogens with one attached hydrogen (secondary N) is 1. The topological polar surface area (TPSA) is 63.2 Å². The lowest BCUT2D eigenvalue weighted by Crippen LogP contribution is -2.29. The number of aryl methyl sites for hydroxylation is 1. The molecule has 1 rings (SSSR count). The number of carbonyl (C=O) groups is 1. The van der Waals surface area contributed by atoms with Crippen molar-refractivity contribution in [2.75, 3.05) is 0 Å². The summed E-state index contributed by atoms with van der Waals surface area (Å²) < 4.78 is 37.8. The molecule has 0 aromatic heterocycles. The second kappa shape index (κ2) is 4.61. The van der Waals surface area contributed by atoms with Gasteiger partial charge in [-0.2, -0.15) is 0 Å². The molecule has 1 aromatic carbocycles. The van der Waals surface area contributed by atoms with Crippen molar-refractivity contribution >= 4 is 15.9 Å². The number of halogens is 1. The van der Waals surface area contributed by atoms with E-state index in [9.17, 15) is 17.6 Å². The summed E-state index contributed by atoms with van der Waals surface area (Å²) in [5.74, 6) is -1.82. The SMILES string of the molecule is CC(=O)NS(=O)(=O)Cc1ccc(C)cc1F. The molecule has 16 heavy (non-hydrogen) atoms. The summed E-state index contributed by atoms with van der Waals surface area (Å²) >= 11 is 0. The molecule has 0 atom stereocenters. The van der Waals surface area contributed by atoms with Crippen molar-refractivity contribution in [2.45, 2.75) is 19.6 Å². The van der Waals surface area contributed by atoms with Crippen LogP contribution < -0.4 is 4.72 Å². The third-order valence-corrected chi connectivity index (χ3v) is 3.14. The Morgan fingerprint density at radius 3 is 2.56 bits per heavy atom. The normalized spacial score (nSPS) is 11.2. The number of amides is 1. The van der Waals surface area contributed by atoms with E-state index in [0.29, 0.717) is 5.56 Å². The second-order valence-corrected chi connectivity index (χ2v) is 5.23. The Morgan fingerprint density at radius 1 is 1.44 bits per heavy atom. The minimum absolute atomic E-state index is 0.0411. The summed E-state index contributed by atoms with van der Waals surface area (Å²) in [5.41, 5.74) is 0.748. The van der Waals surface area contributed by atoms with Crippen LogP contribution in [0.5, 0.6) is 0 Å². The number of sulfonamides is 1. The van der Waals surface area contributed by atoms with Crippen LogP contribution in [0.25, 0.3) is 0 Å². The van der Waals surface area contributed by atoms with Crippen molar-refractivity contribution in [1.82, 2.24) is 4.72 Å². The van der Waals surface area contributed by atoms with Crippen molar-refractivity contribution in [1.29, 1.82) is 0 Å². The van der Waals surface area contributed by atoms with Gasteiger partial charge in [0, 0.05) is 12.5 Å². The third-order valence-electron chi connectivity index (χ3n) is 1.85. The maximum Gasteiger partial charge on any atom is 0.239 e. The quantitative estimate of drug-likeness (QED) is 0.867. The maximum atomic E-state index is 13.3. The van der Waals surface area contributed by atoms with Gasteiger partial charge in [-0.15, -0.1) is 0 Å². The Morgan fingerprint density at radius 2 is 2.06 bits per heavy atom. The van der Waals surface area contributed by atoms with Crippen molar-refractivity contribution in [3.05, 3.63) is 35.1 Å². The van der Waals surface area contributed by atoms with E-state index < -0.39 is 27.5 Å². The number of rotatable bonds is 3. The second-order valence-electron chi connectivity index (χ2n) is 3.51. The van der Waals surface area contributed by atoms with E-state index in [0.717, 1.165) is 6.92 Å². The predicted molar refractivity (Wildman–Crippen MR) is 57.6 cm³/mol. The molecule has 0 heterocycles. The van der Waals surface area contributed by atoms with Crippen LogP contribution in [0.15, 0.2) is 18.2 Å². The summed E-state index contributed by atoms with van der Waals surface area (Å²) in [4.78, 5) is 10.6. The molecule has 1 N–H and O–H groups in total. The fourth-order valence-corrected chi connectivity index (χ4v) is 2.38. The molecule has 1 aromatic rings. The predicted octanol–water partition coefficient (Wildman–Crippen LogP) is 1.10. The molecule has 6 heteroatoms. The van der Waals surface area contributed by atoms with Gasteiger partial charge in [0.2, 0.25) is 15.9 Å². The summed E-state index contributed by atoms with van der Waals surface area (Å²) in [7, 11) is -3.81. The summed E-state index contributed by atoms with van der Waals surface area (Å²) in [6.45, 7) is 2.79. The van der Waals surface area contributed by atoms with Gasteiger partial charge in [0.15, 0.2) is 0 Å². The van der Waals surface area contributed by atoms with Gasteiger partial charge >= 0.3 is 0 Å². The van der Waals surface area contributed by atoms with Gasteiger partial charge in [-0.1, -0.05) is 12.1 Å². The van der Waals surface area contributed by atoms with E-state index in [4.69, 9.17) is 0 Å². The molecule has 0 fully saturated rings. The standard InChI is InChI=1S/C10H12FNO3S/c1-7-3-4-9(10(11)5-7)6-16(14,15)12-8(2)13/h3-5H,6H2,1-2H3,(H,12,13). The largest absolute Gasteiger partial charge is 0.274 e. The molecule has 0 aliphatic rings. The number of hydrogen-bond acceptors (Lipinski definition) is 3. The van der Waals surface area contributed by atoms with Crippen LogP contribution >= 0.6 is 0 Å². The fraction of sp³-hybridized carbons (Fsp3) is 0.300. The molecule has 88 valence electrons. The van der Waals surface area contributed by atoms with Crippen molar-refractivity contribution in [2.24, 2.45) is 0 Å². The zero-order valence-corrected chi connectivity index (χ0v) is 9.77. The van der Waals surface area contributed by atoms with Crippen molar-refractivity contribution < 1.29 is 17.6 Å². The maximum absolute atomic E-state index is 13.3. The molecule has 0 unspecified atom stereocenters. The molecule has 0 aliphatic carbocycles. The molecular formula is C10H12FNO3S. The minimum Gasteiger partial charge on any atom is -0.274 e. The Bertz CT molecular complexity index is 511. The number of hydrogen-bond donors (Lipinski definition) is 1. The number of benzene rings is 1. The van der Waals surface area contributed by atoms with Gasteiger partial charge in [-0.25, -0.2) is 12.8 Å². The zero-order valence-electron chi connectivity index (χ0n) is 8.95. The highest BCUT2D eigenvalue weighted by molar-refractivity contribution is 7.89. The highest BCUT2D eigenvalue weighted by Crippen LogP contribution is 2.12. The van der Waals surface area contributed by atoms with E-state index in [1.807, 2.05) is 0 Å². The highest BCUT2D eigenvalue weighted by Gasteiger charge is 2.15. The Labute approximate surface area is 93.5 Å². The van der Waals surface area contributed by atoms with Crippen LogP contribution in [-0.4, -0.2) is 14.3 Å². The average Bonchev–Trinajstić information content (AvgIpc) is 2.07. The summed E-state index contributed by atoms with van der Waals surface area (Å²) in [6.07, 6.45) is 0. The Hall–Kier alpha value is -1.43. The average molecular weight is 245 g/mol. The monoisotopic (exact) mass is 245 g/mol. The van der Waals surface area contributed by atoms with Gasteiger partial charge in [-0.3, -0.25) is 9.52 Å². The Balaban J connectivity index is 2.92. The van der Waals surface area contributed by atoms with Crippen LogP contribution in [0.2, 0.25) is 0 Å². The highest BCUT2D eigenvalue weighted by atomic mass is 32.2. The first-order chi connectivity index (χ1) is 7.30. The smallest absolute Gasteiger partial charge is 0.239 e. The van der Waals surface area contributed by atoms with Gasteiger partial charge in [-0.05, 0) is 18.6 Å². The zero-order chi connectivity index (χ0) is 12.3. The molecule has 0 aliphatic heterocycles. The van der Waals surface area contributed by atoms with Gasteiger partial charge < -0.3 is 0 Å². The van der Waals surface area contributed by atoms with E-state index in [1.54, 1.807) is 17.7 Å². The summed E-state index contributed by atoms with van der Waals surface area (Å²) in [5, 5.41) is 0. The van der Waals surface area contributed by atoms with Crippen LogP contribution in [-0.2, 0) is 20.6 Å². The number of carbonyl (C=O) groups excluding carboxylic acids is 1. The first-order valence-corrected chi connectivity index (χ1v) is 6.21. The molecule has 0 bridgehead atoms. The molecule has 4 nitrogen and oxygen atoms in total. The molecule has 0 saturated carbocycles. The van der Waals surface area contributed by atoms with Crippen LogP contribution in [0, 0.1) is 12.7 Å². The Kier molecular flexibility index (Phi) is 3.64. The molecule has 0 saturated heterocycles. The van der Waals surface area contributed by atoms with Crippen LogP contribution in [0.3, 0.4) is 0 Å². The van der Waals surface area contributed by atoms with Crippen molar-refractivity contribution in [3.63, 3.8) is 0 Å². The lowest BCUT2D eigenvalue weighted by Gasteiger charge is -2.06. The minimum atomic E-state index is -3.81. The molecule has 1 amide bonds. The van der Waals surface area contributed by atoms with Crippen molar-refractivity contribution in [3.8, 4) is 0 Å². The first-order valence-electron chi connectivity index (χ1n) is 4.56. The lowest BCUT2D eigenvalue weighted by molar-refractivity contribution is -0.117. The van der Waals surface area contributed by atoms with Crippen LogP contribution in [0.4, 0.5) is 4.39 Å². The molecular weight excluding hydrogens is 233 g/mol. The van der Waals surface area contributed by atoms with Gasteiger partial charge in [0.05, 0.1) is 5.75 Å². The van der Waals surface area contributed by atoms with E-state index >= 15 is 0 Å². The summed E-state index contributed by atoms with van der Waals surface area (Å²) in [6, 6.07) is 4.25.